The van der Waals surface area contributed by atoms with E-state index >= 15 is 0 Å². The van der Waals surface area contributed by atoms with Gasteiger partial charge in [-0.05, 0) is 48.0 Å². The SMILES string of the molecule is O=C(c1ccc2nccnc2c1)c1c(F)ccc(OCc2cccc(F)c2)c1Cl. The molecule has 0 spiro atoms. The number of carbonyl (C=O) groups is 1. The van der Waals surface area contributed by atoms with E-state index < -0.39 is 17.4 Å². The van der Waals surface area contributed by atoms with Crippen LogP contribution in [0.5, 0.6) is 5.75 Å². The van der Waals surface area contributed by atoms with Crippen LogP contribution in [-0.4, -0.2) is 15.8 Å². The quantitative estimate of drug-likeness (QED) is 0.415. The standard InChI is InChI=1S/C22H13ClF2N2O2/c23-21-19(29-12-13-2-1-3-15(24)10-13)7-5-16(25)20(21)22(28)14-4-6-17-18(11-14)27-9-8-26-17/h1-11H,12H2. The molecule has 0 bridgehead atoms. The molecule has 0 amide bonds. The van der Waals surface area contributed by atoms with Crippen molar-refractivity contribution in [3.8, 4) is 5.75 Å². The van der Waals surface area contributed by atoms with Crippen molar-refractivity contribution in [2.24, 2.45) is 0 Å². The highest BCUT2D eigenvalue weighted by atomic mass is 35.5. The second-order valence-electron chi connectivity index (χ2n) is 6.24. The van der Waals surface area contributed by atoms with Gasteiger partial charge in [-0.3, -0.25) is 14.8 Å². The number of aromatic nitrogens is 2. The summed E-state index contributed by atoms with van der Waals surface area (Å²) in [5.74, 6) is -1.64. The van der Waals surface area contributed by atoms with Crippen LogP contribution in [0.3, 0.4) is 0 Å². The van der Waals surface area contributed by atoms with Crippen LogP contribution in [0.15, 0.2) is 67.0 Å². The minimum atomic E-state index is -0.766. The molecular weight excluding hydrogens is 398 g/mol. The lowest BCUT2D eigenvalue weighted by Crippen LogP contribution is -2.07. The molecular formula is C22H13ClF2N2O2. The molecule has 0 aliphatic rings. The van der Waals surface area contributed by atoms with E-state index in [9.17, 15) is 13.6 Å². The lowest BCUT2D eigenvalue weighted by atomic mass is 10.0. The molecule has 1 aromatic heterocycles. The van der Waals surface area contributed by atoms with E-state index in [1.807, 2.05) is 0 Å². The molecule has 0 radical (unpaired) electrons. The Kier molecular flexibility index (Phi) is 5.18. The minimum Gasteiger partial charge on any atom is -0.487 e. The van der Waals surface area contributed by atoms with Crippen molar-refractivity contribution in [3.05, 3.63) is 100 Å². The van der Waals surface area contributed by atoms with Crippen LogP contribution in [0.25, 0.3) is 11.0 Å². The third-order valence-electron chi connectivity index (χ3n) is 4.30. The largest absolute Gasteiger partial charge is 0.487 e. The van der Waals surface area contributed by atoms with E-state index in [0.717, 1.165) is 6.07 Å². The maximum atomic E-state index is 14.5. The van der Waals surface area contributed by atoms with Gasteiger partial charge in [0.05, 0.1) is 21.6 Å². The first-order chi connectivity index (χ1) is 14.0. The van der Waals surface area contributed by atoms with Crippen LogP contribution in [0.4, 0.5) is 8.78 Å². The van der Waals surface area contributed by atoms with Crippen molar-refractivity contribution >= 4 is 28.4 Å². The predicted molar refractivity (Wildman–Crippen MR) is 105 cm³/mol. The topological polar surface area (TPSA) is 52.1 Å². The van der Waals surface area contributed by atoms with Crippen LogP contribution in [0.1, 0.15) is 21.5 Å². The predicted octanol–water partition coefficient (Wildman–Crippen LogP) is 5.37. The van der Waals surface area contributed by atoms with Crippen LogP contribution >= 0.6 is 11.6 Å². The Morgan fingerprint density at radius 1 is 0.966 bits per heavy atom. The summed E-state index contributed by atoms with van der Waals surface area (Å²) >= 11 is 6.29. The van der Waals surface area contributed by atoms with E-state index in [-0.39, 0.29) is 28.5 Å². The van der Waals surface area contributed by atoms with Crippen molar-refractivity contribution in [3.63, 3.8) is 0 Å². The molecule has 3 aromatic carbocycles. The molecule has 4 aromatic rings. The number of ether oxygens (including phenoxy) is 1. The zero-order chi connectivity index (χ0) is 20.4. The molecule has 4 rings (SSSR count). The van der Waals surface area contributed by atoms with Crippen molar-refractivity contribution in [2.45, 2.75) is 6.61 Å². The van der Waals surface area contributed by atoms with Gasteiger partial charge in [0.25, 0.3) is 0 Å². The summed E-state index contributed by atoms with van der Waals surface area (Å²) in [5, 5.41) is -0.148. The zero-order valence-electron chi connectivity index (χ0n) is 14.9. The maximum Gasteiger partial charge on any atom is 0.197 e. The lowest BCUT2D eigenvalue weighted by Gasteiger charge is -2.12. The molecule has 0 fully saturated rings. The highest BCUT2D eigenvalue weighted by Gasteiger charge is 2.22. The molecule has 7 heteroatoms. The molecule has 0 aliphatic carbocycles. The molecule has 0 saturated heterocycles. The van der Waals surface area contributed by atoms with Gasteiger partial charge in [-0.25, -0.2) is 8.78 Å². The highest BCUT2D eigenvalue weighted by Crippen LogP contribution is 2.33. The third-order valence-corrected chi connectivity index (χ3v) is 4.67. The third kappa shape index (κ3) is 3.93. The summed E-state index contributed by atoms with van der Waals surface area (Å²) in [6.45, 7) is 0.0162. The van der Waals surface area contributed by atoms with Crippen LogP contribution in [-0.2, 0) is 6.61 Å². The van der Waals surface area contributed by atoms with Gasteiger partial charge in [-0.1, -0.05) is 23.7 Å². The van der Waals surface area contributed by atoms with Gasteiger partial charge in [0, 0.05) is 18.0 Å². The van der Waals surface area contributed by atoms with Gasteiger partial charge in [0.2, 0.25) is 0 Å². The summed E-state index contributed by atoms with van der Waals surface area (Å²) in [6, 6.07) is 13.0. The number of ketones is 1. The second-order valence-corrected chi connectivity index (χ2v) is 6.62. The van der Waals surface area contributed by atoms with Crippen LogP contribution in [0.2, 0.25) is 5.02 Å². The number of carbonyl (C=O) groups excluding carboxylic acids is 1. The first kappa shape index (κ1) is 19.0. The molecule has 0 unspecified atom stereocenters. The number of halogens is 3. The summed E-state index contributed by atoms with van der Waals surface area (Å²) in [5.41, 5.74) is 1.62. The van der Waals surface area contributed by atoms with Gasteiger partial charge in [0.1, 0.15) is 24.0 Å². The van der Waals surface area contributed by atoms with Crippen molar-refractivity contribution in [1.29, 1.82) is 0 Å². The molecule has 1 heterocycles. The van der Waals surface area contributed by atoms with Crippen LogP contribution in [0, 0.1) is 11.6 Å². The molecule has 0 atom stereocenters. The molecule has 4 nitrogen and oxygen atoms in total. The molecule has 0 aliphatic heterocycles. The van der Waals surface area contributed by atoms with E-state index in [1.165, 1.54) is 36.5 Å². The van der Waals surface area contributed by atoms with Crippen LogP contribution < -0.4 is 4.74 Å². The summed E-state index contributed by atoms with van der Waals surface area (Å²) < 4.78 is 33.4. The number of fused-ring (bicyclic) bond motifs is 1. The smallest absolute Gasteiger partial charge is 0.197 e. The molecule has 0 N–H and O–H groups in total. The Morgan fingerprint density at radius 3 is 2.55 bits per heavy atom. The fourth-order valence-corrected chi connectivity index (χ4v) is 3.18. The summed E-state index contributed by atoms with van der Waals surface area (Å²) in [4.78, 5) is 21.2. The Labute approximate surface area is 169 Å². The molecule has 144 valence electrons. The molecule has 0 saturated carbocycles. The number of hydrogen-bond donors (Lipinski definition) is 0. The van der Waals surface area contributed by atoms with E-state index in [4.69, 9.17) is 16.3 Å². The number of benzene rings is 3. The average molecular weight is 411 g/mol. The fourth-order valence-electron chi connectivity index (χ4n) is 2.89. The van der Waals surface area contributed by atoms with Crippen molar-refractivity contribution < 1.29 is 18.3 Å². The highest BCUT2D eigenvalue weighted by molar-refractivity contribution is 6.36. The minimum absolute atomic E-state index is 0.0162. The first-order valence-electron chi connectivity index (χ1n) is 8.63. The molecule has 29 heavy (non-hydrogen) atoms. The average Bonchev–Trinajstić information content (AvgIpc) is 2.73. The van der Waals surface area contributed by atoms with Gasteiger partial charge < -0.3 is 4.74 Å². The van der Waals surface area contributed by atoms with Gasteiger partial charge in [0.15, 0.2) is 5.78 Å². The summed E-state index contributed by atoms with van der Waals surface area (Å²) in [7, 11) is 0. The summed E-state index contributed by atoms with van der Waals surface area (Å²) in [6.07, 6.45) is 3.05. The van der Waals surface area contributed by atoms with Crippen molar-refractivity contribution in [2.75, 3.05) is 0 Å². The van der Waals surface area contributed by atoms with Crippen molar-refractivity contribution in [1.82, 2.24) is 9.97 Å². The second kappa shape index (κ2) is 7.93. The maximum absolute atomic E-state index is 14.5. The first-order valence-corrected chi connectivity index (χ1v) is 9.01. The normalized spacial score (nSPS) is 10.9. The lowest BCUT2D eigenvalue weighted by molar-refractivity contribution is 0.103. The fraction of sp³-hybridized carbons (Fsp3) is 0.0455. The Balaban J connectivity index is 1.65. The van der Waals surface area contributed by atoms with Gasteiger partial charge in [-0.15, -0.1) is 0 Å². The number of hydrogen-bond acceptors (Lipinski definition) is 4. The Morgan fingerprint density at radius 2 is 1.76 bits per heavy atom. The van der Waals surface area contributed by atoms with E-state index in [1.54, 1.807) is 24.4 Å². The zero-order valence-corrected chi connectivity index (χ0v) is 15.7. The number of rotatable bonds is 5. The Bertz CT molecular complexity index is 1230. The van der Waals surface area contributed by atoms with Gasteiger partial charge in [-0.2, -0.15) is 0 Å². The number of nitrogens with zero attached hydrogens (tertiary/aromatic N) is 2. The van der Waals surface area contributed by atoms with E-state index in [2.05, 4.69) is 9.97 Å². The Hall–Kier alpha value is -3.38. The van der Waals surface area contributed by atoms with Gasteiger partial charge >= 0.3 is 0 Å². The monoisotopic (exact) mass is 410 g/mol. The van der Waals surface area contributed by atoms with E-state index in [0.29, 0.717) is 16.6 Å².